The summed E-state index contributed by atoms with van der Waals surface area (Å²) in [5.74, 6) is 0.817. The van der Waals surface area contributed by atoms with Gasteiger partial charge in [0.05, 0.1) is 11.7 Å². The highest BCUT2D eigenvalue weighted by atomic mass is 16.2. The molecular weight excluding hydrogens is 248 g/mol. The lowest BCUT2D eigenvalue weighted by Gasteiger charge is -2.19. The molecule has 0 radical (unpaired) electrons. The fourth-order valence-electron chi connectivity index (χ4n) is 2.46. The molecule has 1 aromatic heterocycles. The molecule has 2 aromatic rings. The number of rotatable bonds is 4. The van der Waals surface area contributed by atoms with Crippen molar-refractivity contribution < 1.29 is 4.79 Å². The second kappa shape index (κ2) is 5.45. The van der Waals surface area contributed by atoms with Crippen molar-refractivity contribution in [3.63, 3.8) is 0 Å². The Kier molecular flexibility index (Phi) is 3.50. The second-order valence-corrected chi connectivity index (χ2v) is 5.43. The normalized spacial score (nSPS) is 22.1. The molecule has 1 aliphatic carbocycles. The van der Waals surface area contributed by atoms with E-state index in [0.29, 0.717) is 5.92 Å². The predicted molar refractivity (Wildman–Crippen MR) is 77.9 cm³/mol. The maximum absolute atomic E-state index is 12.2. The van der Waals surface area contributed by atoms with Gasteiger partial charge in [-0.15, -0.1) is 0 Å². The third kappa shape index (κ3) is 2.72. The van der Waals surface area contributed by atoms with Gasteiger partial charge in [-0.3, -0.25) is 9.78 Å². The first kappa shape index (κ1) is 12.9. The van der Waals surface area contributed by atoms with Crippen molar-refractivity contribution in [1.82, 2.24) is 10.3 Å². The van der Waals surface area contributed by atoms with E-state index in [1.54, 1.807) is 6.20 Å². The van der Waals surface area contributed by atoms with Crippen molar-refractivity contribution in [3.05, 3.63) is 66.0 Å². The average molecular weight is 266 g/mol. The largest absolute Gasteiger partial charge is 0.343 e. The highest BCUT2D eigenvalue weighted by Gasteiger charge is 2.40. The number of nitrogens with one attached hydrogen (secondary N) is 1. The van der Waals surface area contributed by atoms with Crippen LogP contribution in [-0.2, 0) is 4.79 Å². The molecule has 1 heterocycles. The molecule has 0 aliphatic heterocycles. The number of hydrogen-bond donors (Lipinski definition) is 1. The average Bonchev–Trinajstić information content (AvgIpc) is 3.23. The van der Waals surface area contributed by atoms with E-state index in [1.807, 2.05) is 48.5 Å². The SMILES string of the molecule is C[C@@H]1C[C@H]1C(=O)N[C@@H](c1ccccc1)c1ccccn1. The van der Waals surface area contributed by atoms with E-state index in [0.717, 1.165) is 17.7 Å². The molecule has 3 heteroatoms. The maximum Gasteiger partial charge on any atom is 0.224 e. The van der Waals surface area contributed by atoms with Crippen molar-refractivity contribution in [2.75, 3.05) is 0 Å². The third-order valence-electron chi connectivity index (χ3n) is 3.85. The van der Waals surface area contributed by atoms with Crippen molar-refractivity contribution in [1.29, 1.82) is 0 Å². The Morgan fingerprint density at radius 2 is 1.90 bits per heavy atom. The van der Waals surface area contributed by atoms with Crippen LogP contribution in [0, 0.1) is 11.8 Å². The first-order valence-electron chi connectivity index (χ1n) is 7.02. The molecule has 3 rings (SSSR count). The standard InChI is InChI=1S/C17H18N2O/c1-12-11-14(12)17(20)19-16(13-7-3-2-4-8-13)15-9-5-6-10-18-15/h2-10,12,14,16H,11H2,1H3,(H,19,20)/t12-,14-,16+/m1/s1. The fourth-order valence-corrected chi connectivity index (χ4v) is 2.46. The minimum Gasteiger partial charge on any atom is -0.343 e. The van der Waals surface area contributed by atoms with Gasteiger partial charge in [0.15, 0.2) is 0 Å². The number of carbonyl (C=O) groups excluding carboxylic acids is 1. The van der Waals surface area contributed by atoms with E-state index in [9.17, 15) is 4.79 Å². The topological polar surface area (TPSA) is 42.0 Å². The van der Waals surface area contributed by atoms with Crippen molar-refractivity contribution in [2.24, 2.45) is 11.8 Å². The van der Waals surface area contributed by atoms with Crippen LogP contribution in [0.25, 0.3) is 0 Å². The number of hydrogen-bond acceptors (Lipinski definition) is 2. The van der Waals surface area contributed by atoms with Crippen LogP contribution in [0.3, 0.4) is 0 Å². The Bertz CT molecular complexity index is 543. The third-order valence-corrected chi connectivity index (χ3v) is 3.85. The molecule has 0 unspecified atom stereocenters. The maximum atomic E-state index is 12.2. The predicted octanol–water partition coefficient (Wildman–Crippen LogP) is 2.94. The molecule has 0 spiro atoms. The molecule has 0 bridgehead atoms. The Morgan fingerprint density at radius 3 is 2.50 bits per heavy atom. The van der Waals surface area contributed by atoms with E-state index >= 15 is 0 Å². The van der Waals surface area contributed by atoms with Gasteiger partial charge in [-0.25, -0.2) is 0 Å². The first-order valence-corrected chi connectivity index (χ1v) is 7.02. The summed E-state index contributed by atoms with van der Waals surface area (Å²) < 4.78 is 0. The van der Waals surface area contributed by atoms with Crippen molar-refractivity contribution in [2.45, 2.75) is 19.4 Å². The Morgan fingerprint density at radius 1 is 1.20 bits per heavy atom. The molecule has 1 fully saturated rings. The van der Waals surface area contributed by atoms with Gasteiger partial charge in [0.2, 0.25) is 5.91 Å². The molecule has 3 atom stereocenters. The summed E-state index contributed by atoms with van der Waals surface area (Å²) >= 11 is 0. The molecule has 1 N–H and O–H groups in total. The highest BCUT2D eigenvalue weighted by Crippen LogP contribution is 2.38. The lowest BCUT2D eigenvalue weighted by Crippen LogP contribution is -2.31. The van der Waals surface area contributed by atoms with Crippen LogP contribution in [0.4, 0.5) is 0 Å². The molecule has 1 aromatic carbocycles. The molecular formula is C17H18N2O. The molecule has 1 saturated carbocycles. The van der Waals surface area contributed by atoms with Gasteiger partial charge in [0.25, 0.3) is 0 Å². The van der Waals surface area contributed by atoms with Crippen LogP contribution in [0.1, 0.15) is 30.6 Å². The van der Waals surface area contributed by atoms with Crippen LogP contribution >= 0.6 is 0 Å². The lowest BCUT2D eigenvalue weighted by atomic mass is 10.0. The van der Waals surface area contributed by atoms with Gasteiger partial charge in [-0.05, 0) is 30.0 Å². The Labute approximate surface area is 119 Å². The zero-order valence-electron chi connectivity index (χ0n) is 11.5. The minimum atomic E-state index is -0.169. The lowest BCUT2D eigenvalue weighted by molar-refractivity contribution is -0.123. The zero-order valence-corrected chi connectivity index (χ0v) is 11.5. The smallest absolute Gasteiger partial charge is 0.224 e. The van der Waals surface area contributed by atoms with Crippen molar-refractivity contribution >= 4 is 5.91 Å². The molecule has 102 valence electrons. The fraction of sp³-hybridized carbons (Fsp3) is 0.294. The number of benzene rings is 1. The summed E-state index contributed by atoms with van der Waals surface area (Å²) in [6.45, 7) is 2.11. The monoisotopic (exact) mass is 266 g/mol. The van der Waals surface area contributed by atoms with Gasteiger partial charge in [-0.2, -0.15) is 0 Å². The quantitative estimate of drug-likeness (QED) is 0.924. The summed E-state index contributed by atoms with van der Waals surface area (Å²) in [5.41, 5.74) is 1.94. The van der Waals surface area contributed by atoms with Crippen LogP contribution in [0.2, 0.25) is 0 Å². The molecule has 3 nitrogen and oxygen atoms in total. The van der Waals surface area contributed by atoms with Gasteiger partial charge in [0, 0.05) is 12.1 Å². The number of aromatic nitrogens is 1. The summed E-state index contributed by atoms with van der Waals surface area (Å²) in [7, 11) is 0. The summed E-state index contributed by atoms with van der Waals surface area (Å²) in [6, 6.07) is 15.6. The number of amides is 1. The number of nitrogens with zero attached hydrogens (tertiary/aromatic N) is 1. The van der Waals surface area contributed by atoms with E-state index in [4.69, 9.17) is 0 Å². The van der Waals surface area contributed by atoms with Gasteiger partial charge in [-0.1, -0.05) is 43.3 Å². The van der Waals surface area contributed by atoms with Crippen LogP contribution in [-0.4, -0.2) is 10.9 Å². The summed E-state index contributed by atoms with van der Waals surface area (Å²) in [4.78, 5) is 16.6. The molecule has 0 saturated heterocycles. The van der Waals surface area contributed by atoms with Crippen LogP contribution in [0.5, 0.6) is 0 Å². The van der Waals surface area contributed by atoms with E-state index in [-0.39, 0.29) is 17.9 Å². The number of pyridine rings is 1. The number of carbonyl (C=O) groups is 1. The van der Waals surface area contributed by atoms with Crippen molar-refractivity contribution in [3.8, 4) is 0 Å². The summed E-state index contributed by atoms with van der Waals surface area (Å²) in [6.07, 6.45) is 2.76. The molecule has 1 aliphatic rings. The van der Waals surface area contributed by atoms with Crippen LogP contribution in [0.15, 0.2) is 54.7 Å². The van der Waals surface area contributed by atoms with Gasteiger partial charge >= 0.3 is 0 Å². The zero-order chi connectivity index (χ0) is 13.9. The van der Waals surface area contributed by atoms with E-state index in [1.165, 1.54) is 0 Å². The second-order valence-electron chi connectivity index (χ2n) is 5.43. The Balaban J connectivity index is 1.86. The van der Waals surface area contributed by atoms with E-state index < -0.39 is 0 Å². The highest BCUT2D eigenvalue weighted by molar-refractivity contribution is 5.82. The first-order chi connectivity index (χ1) is 9.75. The molecule has 1 amide bonds. The van der Waals surface area contributed by atoms with Crippen LogP contribution < -0.4 is 5.32 Å². The molecule has 20 heavy (non-hydrogen) atoms. The van der Waals surface area contributed by atoms with E-state index in [2.05, 4.69) is 17.2 Å². The van der Waals surface area contributed by atoms with Gasteiger partial charge in [0.1, 0.15) is 0 Å². The summed E-state index contributed by atoms with van der Waals surface area (Å²) in [5, 5.41) is 3.14. The Hall–Kier alpha value is -2.16. The minimum absolute atomic E-state index is 0.136. The van der Waals surface area contributed by atoms with Gasteiger partial charge < -0.3 is 5.32 Å².